The van der Waals surface area contributed by atoms with Crippen molar-refractivity contribution in [2.75, 3.05) is 44.4 Å². The molecule has 48 heavy (non-hydrogen) atoms. The van der Waals surface area contributed by atoms with Gasteiger partial charge >= 0.3 is 6.01 Å². The van der Waals surface area contributed by atoms with Gasteiger partial charge in [-0.1, -0.05) is 25.1 Å². The van der Waals surface area contributed by atoms with Gasteiger partial charge in [0.15, 0.2) is 17.4 Å². The highest BCUT2D eigenvalue weighted by Crippen LogP contribution is 2.48. The average molecular weight is 664 g/mol. The molecule has 254 valence electrons. The number of alkyl halides is 1. The largest absolute Gasteiger partial charge is 0.508 e. The third-order valence-electron chi connectivity index (χ3n) is 10.6. The molecule has 4 aromatic rings. The van der Waals surface area contributed by atoms with E-state index in [1.54, 1.807) is 12.1 Å². The Balaban J connectivity index is 1.30. The molecule has 4 aliphatic rings. The van der Waals surface area contributed by atoms with Gasteiger partial charge in [0.05, 0.1) is 23.6 Å². The molecule has 3 saturated heterocycles. The number of nitrogens with one attached hydrogen (secondary N) is 2. The molecule has 0 aliphatic carbocycles. The smallest absolute Gasteiger partial charge is 0.319 e. The summed E-state index contributed by atoms with van der Waals surface area (Å²) in [6.45, 7) is 3.45. The van der Waals surface area contributed by atoms with E-state index in [-0.39, 0.29) is 102 Å². The van der Waals surface area contributed by atoms with Crippen molar-refractivity contribution in [3.63, 3.8) is 0 Å². The number of aliphatic hydroxyl groups excluding tert-OH is 1. The van der Waals surface area contributed by atoms with E-state index < -0.39 is 17.8 Å². The standard InChI is InChI=1S/C36H40F3N5O4/c1-2-20-4-3-5-21-10-24(46)11-25(28(20)21)29-31(38)33-30-34(32(29)39)47-17-27-26-7-6-23(41-26)14-44(27)35(30)43-36(42-33)48-16-18-8-19(15-45)12-40-13-22(37)9-18/h3-5,10-11,18-19,22-23,26-27,40-41,45-46H,2,6-9,12-17H2,1H3. The normalized spacial score (nSPS) is 26.9. The van der Waals surface area contributed by atoms with Gasteiger partial charge in [0.1, 0.15) is 29.9 Å². The summed E-state index contributed by atoms with van der Waals surface area (Å²) in [5, 5.41) is 28.7. The van der Waals surface area contributed by atoms with Crippen LogP contribution in [-0.2, 0) is 6.42 Å². The van der Waals surface area contributed by atoms with Crippen LogP contribution in [0.2, 0.25) is 0 Å². The van der Waals surface area contributed by atoms with Gasteiger partial charge in [0.25, 0.3) is 0 Å². The highest BCUT2D eigenvalue weighted by molar-refractivity contribution is 6.05. The van der Waals surface area contributed by atoms with E-state index in [2.05, 4.69) is 20.5 Å². The van der Waals surface area contributed by atoms with Crippen LogP contribution in [0.15, 0.2) is 30.3 Å². The van der Waals surface area contributed by atoms with E-state index in [0.717, 1.165) is 18.4 Å². The number of benzene rings is 3. The van der Waals surface area contributed by atoms with Crippen molar-refractivity contribution in [3.05, 3.63) is 47.5 Å². The summed E-state index contributed by atoms with van der Waals surface area (Å²) in [4.78, 5) is 11.4. The number of aromatic nitrogens is 2. The number of halogens is 3. The number of hydrogen-bond acceptors (Lipinski definition) is 9. The molecule has 0 radical (unpaired) electrons. The van der Waals surface area contributed by atoms with Crippen molar-refractivity contribution in [1.29, 1.82) is 0 Å². The summed E-state index contributed by atoms with van der Waals surface area (Å²) < 4.78 is 61.2. The Bertz CT molecular complexity index is 1880. The number of phenols is 1. The quantitative estimate of drug-likeness (QED) is 0.226. The fourth-order valence-corrected chi connectivity index (χ4v) is 8.37. The highest BCUT2D eigenvalue weighted by atomic mass is 19.1. The third-order valence-corrected chi connectivity index (χ3v) is 10.6. The first-order chi connectivity index (χ1) is 23.3. The van der Waals surface area contributed by atoms with Crippen molar-refractivity contribution in [1.82, 2.24) is 20.6 Å². The Morgan fingerprint density at radius 2 is 1.94 bits per heavy atom. The van der Waals surface area contributed by atoms with Gasteiger partial charge in [-0.2, -0.15) is 9.97 Å². The van der Waals surface area contributed by atoms with Crippen LogP contribution < -0.4 is 25.0 Å². The van der Waals surface area contributed by atoms with Crippen LogP contribution in [0.4, 0.5) is 19.0 Å². The number of rotatable bonds is 6. The minimum atomic E-state index is -1.08. The Hall–Kier alpha value is -3.87. The fraction of sp³-hybridized carbons (Fsp3) is 0.500. The molecule has 5 heterocycles. The maximum Gasteiger partial charge on any atom is 0.319 e. The number of ether oxygens (including phenoxy) is 2. The molecule has 0 amide bonds. The Morgan fingerprint density at radius 1 is 1.06 bits per heavy atom. The molecule has 2 bridgehead atoms. The van der Waals surface area contributed by atoms with Crippen molar-refractivity contribution < 1.29 is 32.9 Å². The van der Waals surface area contributed by atoms with Crippen LogP contribution in [0.1, 0.15) is 38.2 Å². The zero-order valence-electron chi connectivity index (χ0n) is 26.8. The van der Waals surface area contributed by atoms with Crippen molar-refractivity contribution >= 4 is 27.5 Å². The molecular formula is C36H40F3N5O4. The minimum Gasteiger partial charge on any atom is -0.508 e. The van der Waals surface area contributed by atoms with Gasteiger partial charge in [-0.05, 0) is 78.0 Å². The molecule has 4 N–H and O–H groups in total. The lowest BCUT2D eigenvalue weighted by Crippen LogP contribution is -2.60. The molecule has 3 aromatic carbocycles. The highest BCUT2D eigenvalue weighted by Gasteiger charge is 2.44. The van der Waals surface area contributed by atoms with Gasteiger partial charge in [-0.15, -0.1) is 0 Å². The summed E-state index contributed by atoms with van der Waals surface area (Å²) in [6, 6.07) is 8.56. The van der Waals surface area contributed by atoms with E-state index in [9.17, 15) is 14.6 Å². The molecule has 0 spiro atoms. The van der Waals surface area contributed by atoms with E-state index in [1.165, 1.54) is 6.07 Å². The number of aromatic hydroxyl groups is 1. The van der Waals surface area contributed by atoms with E-state index in [0.29, 0.717) is 42.5 Å². The Morgan fingerprint density at radius 3 is 2.77 bits per heavy atom. The second-order valence-electron chi connectivity index (χ2n) is 13.8. The maximum absolute atomic E-state index is 17.1. The number of nitrogens with zero attached hydrogens (tertiary/aromatic N) is 3. The first-order valence-electron chi connectivity index (χ1n) is 17.0. The summed E-state index contributed by atoms with van der Waals surface area (Å²) in [7, 11) is 0. The fourth-order valence-electron chi connectivity index (χ4n) is 8.37. The number of aliphatic hydroxyl groups is 1. The van der Waals surface area contributed by atoms with Crippen molar-refractivity contribution in [2.24, 2.45) is 11.8 Å². The molecule has 9 nitrogen and oxygen atoms in total. The van der Waals surface area contributed by atoms with Gasteiger partial charge in [-0.3, -0.25) is 0 Å². The molecule has 6 unspecified atom stereocenters. The molecular weight excluding hydrogens is 623 g/mol. The van der Waals surface area contributed by atoms with Crippen LogP contribution in [0.3, 0.4) is 0 Å². The maximum atomic E-state index is 17.1. The lowest BCUT2D eigenvalue weighted by Gasteiger charge is -2.40. The summed E-state index contributed by atoms with van der Waals surface area (Å²) in [5.74, 6) is -1.96. The monoisotopic (exact) mass is 663 g/mol. The summed E-state index contributed by atoms with van der Waals surface area (Å²) in [6.07, 6.45) is 2.21. The number of phenolic OH excluding ortho intramolecular Hbond substituents is 1. The summed E-state index contributed by atoms with van der Waals surface area (Å²) in [5.41, 5.74) is 0.600. The van der Waals surface area contributed by atoms with Crippen LogP contribution in [0.25, 0.3) is 32.8 Å². The molecule has 12 heteroatoms. The number of fused-ring (bicyclic) bond motifs is 6. The zero-order chi connectivity index (χ0) is 33.1. The molecule has 4 aliphatic heterocycles. The van der Waals surface area contributed by atoms with E-state index in [1.807, 2.05) is 19.1 Å². The van der Waals surface area contributed by atoms with E-state index in [4.69, 9.17) is 14.5 Å². The lowest BCUT2D eigenvalue weighted by atomic mass is 9.89. The first-order valence-corrected chi connectivity index (χ1v) is 17.0. The number of piperazine rings is 1. The minimum absolute atomic E-state index is 0.0322. The first kappa shape index (κ1) is 31.4. The van der Waals surface area contributed by atoms with Gasteiger partial charge in [0.2, 0.25) is 0 Å². The predicted molar refractivity (Wildman–Crippen MR) is 177 cm³/mol. The predicted octanol–water partition coefficient (Wildman–Crippen LogP) is 5.02. The average Bonchev–Trinajstić information content (AvgIpc) is 3.38. The van der Waals surface area contributed by atoms with Crippen molar-refractivity contribution in [3.8, 4) is 28.6 Å². The van der Waals surface area contributed by atoms with Crippen LogP contribution in [0.5, 0.6) is 17.5 Å². The van der Waals surface area contributed by atoms with Gasteiger partial charge < -0.3 is 35.2 Å². The third kappa shape index (κ3) is 5.38. The SMILES string of the molecule is CCc1cccc2cc(O)cc(-c3c(F)c4c5c(nc(OCC6CC(F)CNCC(CO)C6)nc5c3F)N3CC5CCC(N5)C3CO4)c12. The molecule has 0 saturated carbocycles. The van der Waals surface area contributed by atoms with Crippen LogP contribution in [-0.4, -0.2) is 83.9 Å². The number of anilines is 1. The second-order valence-corrected chi connectivity index (χ2v) is 13.8. The van der Waals surface area contributed by atoms with Gasteiger partial charge in [0, 0.05) is 38.3 Å². The molecule has 8 rings (SSSR count). The molecule has 3 fully saturated rings. The van der Waals surface area contributed by atoms with Gasteiger partial charge in [-0.25, -0.2) is 13.2 Å². The van der Waals surface area contributed by atoms with Crippen LogP contribution >= 0.6 is 0 Å². The zero-order valence-corrected chi connectivity index (χ0v) is 26.8. The Kier molecular flexibility index (Phi) is 8.20. The van der Waals surface area contributed by atoms with Crippen molar-refractivity contribution in [2.45, 2.75) is 63.3 Å². The van der Waals surface area contributed by atoms with E-state index >= 15 is 8.78 Å². The lowest BCUT2D eigenvalue weighted by molar-refractivity contribution is 0.121. The topological polar surface area (TPSA) is 112 Å². The number of aryl methyl sites for hydroxylation is 1. The second kappa shape index (κ2) is 12.5. The molecule has 1 aromatic heterocycles. The Labute approximate surface area is 276 Å². The van der Waals surface area contributed by atoms with Crippen LogP contribution in [0, 0.1) is 23.5 Å². The molecule has 6 atom stereocenters. The number of hydrogen-bond donors (Lipinski definition) is 4. The summed E-state index contributed by atoms with van der Waals surface area (Å²) >= 11 is 0.